The number of rotatable bonds is 6. The number of hydrogen-bond acceptors (Lipinski definition) is 4. The molecule has 0 aliphatic heterocycles. The van der Waals surface area contributed by atoms with E-state index in [-0.39, 0.29) is 22.2 Å². The molecule has 0 unspecified atom stereocenters. The topological polar surface area (TPSA) is 84.5 Å². The fraction of sp³-hybridized carbons (Fsp3) is 0.0952. The molecule has 0 aromatic heterocycles. The molecule has 0 aliphatic carbocycles. The highest BCUT2D eigenvalue weighted by atomic mass is 35.5. The molecule has 6 nitrogen and oxygen atoms in total. The number of hydrogen-bond donors (Lipinski definition) is 2. The minimum atomic E-state index is -3.83. The number of anilines is 2. The third kappa shape index (κ3) is 4.88. The summed E-state index contributed by atoms with van der Waals surface area (Å²) in [5, 5.41) is 3.26. The molecule has 150 valence electrons. The first-order chi connectivity index (χ1) is 13.8. The second kappa shape index (κ2) is 8.55. The van der Waals surface area contributed by atoms with Crippen LogP contribution in [0.15, 0.2) is 71.6 Å². The Bertz CT molecular complexity index is 1130. The van der Waals surface area contributed by atoms with Gasteiger partial charge in [0.05, 0.1) is 17.7 Å². The lowest BCUT2D eigenvalue weighted by molar-refractivity contribution is 0.102. The van der Waals surface area contributed by atoms with Crippen LogP contribution in [0.3, 0.4) is 0 Å². The molecule has 8 heteroatoms. The van der Waals surface area contributed by atoms with E-state index in [1.54, 1.807) is 43.3 Å². The van der Waals surface area contributed by atoms with Crippen molar-refractivity contribution in [1.82, 2.24) is 0 Å². The quantitative estimate of drug-likeness (QED) is 0.593. The van der Waals surface area contributed by atoms with E-state index >= 15 is 0 Å². The highest BCUT2D eigenvalue weighted by molar-refractivity contribution is 7.92. The Hall–Kier alpha value is -3.03. The molecule has 0 saturated heterocycles. The maximum atomic E-state index is 12.7. The summed E-state index contributed by atoms with van der Waals surface area (Å²) >= 11 is 5.82. The summed E-state index contributed by atoms with van der Waals surface area (Å²) in [5.74, 6) is 0.00162. The van der Waals surface area contributed by atoms with Crippen molar-refractivity contribution in [2.24, 2.45) is 0 Å². The predicted molar refractivity (Wildman–Crippen MR) is 114 cm³/mol. The Morgan fingerprint density at radius 2 is 1.62 bits per heavy atom. The monoisotopic (exact) mass is 430 g/mol. The zero-order valence-electron chi connectivity index (χ0n) is 15.8. The molecule has 0 heterocycles. The summed E-state index contributed by atoms with van der Waals surface area (Å²) in [6.07, 6.45) is 0. The Morgan fingerprint density at radius 3 is 2.24 bits per heavy atom. The van der Waals surface area contributed by atoms with Crippen LogP contribution in [-0.2, 0) is 10.0 Å². The van der Waals surface area contributed by atoms with Crippen LogP contribution in [0, 0.1) is 6.92 Å². The number of amides is 1. The van der Waals surface area contributed by atoms with Crippen molar-refractivity contribution in [2.45, 2.75) is 11.8 Å². The fourth-order valence-corrected chi connectivity index (χ4v) is 3.86. The van der Waals surface area contributed by atoms with Gasteiger partial charge in [-0.2, -0.15) is 0 Å². The van der Waals surface area contributed by atoms with Crippen molar-refractivity contribution in [3.63, 3.8) is 0 Å². The van der Waals surface area contributed by atoms with E-state index < -0.39 is 10.0 Å². The molecule has 0 fully saturated rings. The number of aryl methyl sites for hydroxylation is 1. The Morgan fingerprint density at radius 1 is 0.966 bits per heavy atom. The maximum absolute atomic E-state index is 12.7. The van der Waals surface area contributed by atoms with Crippen molar-refractivity contribution in [3.05, 3.63) is 82.9 Å². The van der Waals surface area contributed by atoms with E-state index in [1.165, 1.54) is 31.4 Å². The lowest BCUT2D eigenvalue weighted by Crippen LogP contribution is -2.15. The van der Waals surface area contributed by atoms with Crippen molar-refractivity contribution in [2.75, 3.05) is 17.1 Å². The Kier molecular flexibility index (Phi) is 6.10. The van der Waals surface area contributed by atoms with Crippen LogP contribution in [0.4, 0.5) is 11.4 Å². The largest absolute Gasteiger partial charge is 0.494 e. The molecule has 0 spiro atoms. The van der Waals surface area contributed by atoms with Crippen LogP contribution in [0.25, 0.3) is 0 Å². The first kappa shape index (κ1) is 20.7. The summed E-state index contributed by atoms with van der Waals surface area (Å²) in [7, 11) is -2.41. The van der Waals surface area contributed by atoms with Gasteiger partial charge in [0.2, 0.25) is 0 Å². The van der Waals surface area contributed by atoms with Crippen molar-refractivity contribution in [1.29, 1.82) is 0 Å². The molecule has 3 rings (SSSR count). The average Bonchev–Trinajstić information content (AvgIpc) is 2.70. The summed E-state index contributed by atoms with van der Waals surface area (Å²) < 4.78 is 33.2. The van der Waals surface area contributed by atoms with Gasteiger partial charge in [-0.15, -0.1) is 0 Å². The predicted octanol–water partition coefficient (Wildman–Crippen LogP) is 4.71. The smallest absolute Gasteiger partial charge is 0.262 e. The lowest BCUT2D eigenvalue weighted by Gasteiger charge is -2.16. The van der Waals surface area contributed by atoms with Gasteiger partial charge < -0.3 is 10.1 Å². The number of sulfonamides is 1. The second-order valence-electron chi connectivity index (χ2n) is 6.25. The van der Waals surface area contributed by atoms with Crippen molar-refractivity contribution in [3.8, 4) is 5.75 Å². The third-order valence-electron chi connectivity index (χ3n) is 4.20. The fourth-order valence-electron chi connectivity index (χ4n) is 2.67. The highest BCUT2D eigenvalue weighted by Crippen LogP contribution is 2.33. The van der Waals surface area contributed by atoms with Gasteiger partial charge in [-0.05, 0) is 55.0 Å². The number of methoxy groups -OCH3 is 1. The van der Waals surface area contributed by atoms with Crippen LogP contribution >= 0.6 is 11.6 Å². The minimum absolute atomic E-state index is 0.0723. The van der Waals surface area contributed by atoms with Gasteiger partial charge in [0.25, 0.3) is 15.9 Å². The summed E-state index contributed by atoms with van der Waals surface area (Å²) in [5.41, 5.74) is 1.96. The van der Waals surface area contributed by atoms with E-state index in [1.807, 2.05) is 6.07 Å². The molecule has 0 radical (unpaired) electrons. The molecule has 0 aliphatic rings. The van der Waals surface area contributed by atoms with Crippen LogP contribution in [0.2, 0.25) is 5.02 Å². The lowest BCUT2D eigenvalue weighted by atomic mass is 10.1. The minimum Gasteiger partial charge on any atom is -0.494 e. The second-order valence-corrected chi connectivity index (χ2v) is 8.37. The SMILES string of the molecule is COc1cc(NC(=O)c2ccccc2)c(C)cc1NS(=O)(=O)c1ccc(Cl)cc1. The summed E-state index contributed by atoms with van der Waals surface area (Å²) in [6, 6.07) is 17.8. The highest BCUT2D eigenvalue weighted by Gasteiger charge is 2.18. The number of carbonyl (C=O) groups excluding carboxylic acids is 1. The van der Waals surface area contributed by atoms with E-state index in [0.29, 0.717) is 21.8 Å². The zero-order chi connectivity index (χ0) is 21.0. The number of ether oxygens (including phenoxy) is 1. The van der Waals surface area contributed by atoms with Gasteiger partial charge in [-0.3, -0.25) is 9.52 Å². The number of halogens is 1. The van der Waals surface area contributed by atoms with Crippen LogP contribution < -0.4 is 14.8 Å². The van der Waals surface area contributed by atoms with Crippen LogP contribution in [0.1, 0.15) is 15.9 Å². The van der Waals surface area contributed by atoms with Gasteiger partial charge >= 0.3 is 0 Å². The number of carbonyl (C=O) groups is 1. The standard InChI is InChI=1S/C21H19ClN2O4S/c1-14-12-19(24-29(26,27)17-10-8-16(22)9-11-17)20(28-2)13-18(14)23-21(25)15-6-4-3-5-7-15/h3-13,24H,1-2H3,(H,23,25). The molecule has 0 saturated carbocycles. The molecule has 3 aromatic rings. The zero-order valence-corrected chi connectivity index (χ0v) is 17.3. The summed E-state index contributed by atoms with van der Waals surface area (Å²) in [4.78, 5) is 12.5. The maximum Gasteiger partial charge on any atom is 0.262 e. The third-order valence-corrected chi connectivity index (χ3v) is 5.83. The molecule has 0 atom stereocenters. The summed E-state index contributed by atoms with van der Waals surface area (Å²) in [6.45, 7) is 1.76. The van der Waals surface area contributed by atoms with E-state index in [9.17, 15) is 13.2 Å². The Labute approximate surface area is 174 Å². The van der Waals surface area contributed by atoms with Gasteiger partial charge in [0, 0.05) is 22.3 Å². The molecular formula is C21H19ClN2O4S. The first-order valence-electron chi connectivity index (χ1n) is 8.63. The van der Waals surface area contributed by atoms with Gasteiger partial charge in [-0.25, -0.2) is 8.42 Å². The van der Waals surface area contributed by atoms with Crippen LogP contribution in [-0.4, -0.2) is 21.4 Å². The molecular weight excluding hydrogens is 412 g/mol. The van der Waals surface area contributed by atoms with Crippen molar-refractivity contribution >= 4 is 38.9 Å². The van der Waals surface area contributed by atoms with Gasteiger partial charge in [0.15, 0.2) is 0 Å². The van der Waals surface area contributed by atoms with E-state index in [4.69, 9.17) is 16.3 Å². The number of nitrogens with one attached hydrogen (secondary N) is 2. The van der Waals surface area contributed by atoms with Crippen LogP contribution in [0.5, 0.6) is 5.75 Å². The van der Waals surface area contributed by atoms with Crippen molar-refractivity contribution < 1.29 is 17.9 Å². The molecule has 1 amide bonds. The van der Waals surface area contributed by atoms with Gasteiger partial charge in [-0.1, -0.05) is 29.8 Å². The van der Waals surface area contributed by atoms with E-state index in [0.717, 1.165) is 0 Å². The molecule has 29 heavy (non-hydrogen) atoms. The molecule has 3 aromatic carbocycles. The van der Waals surface area contributed by atoms with Gasteiger partial charge in [0.1, 0.15) is 5.75 Å². The number of benzene rings is 3. The first-order valence-corrected chi connectivity index (χ1v) is 10.5. The Balaban J connectivity index is 1.88. The molecule has 2 N–H and O–H groups in total. The van der Waals surface area contributed by atoms with E-state index in [2.05, 4.69) is 10.0 Å². The normalized spacial score (nSPS) is 11.0. The average molecular weight is 431 g/mol. The molecule has 0 bridgehead atoms.